The van der Waals surface area contributed by atoms with Crippen molar-refractivity contribution in [2.75, 3.05) is 12.8 Å². The summed E-state index contributed by atoms with van der Waals surface area (Å²) < 4.78 is 7.05. The first-order valence-electron chi connectivity index (χ1n) is 6.86. The van der Waals surface area contributed by atoms with Crippen LogP contribution in [-0.4, -0.2) is 23.6 Å². The molecule has 0 radical (unpaired) electrons. The summed E-state index contributed by atoms with van der Waals surface area (Å²) in [5.41, 5.74) is 7.90. The van der Waals surface area contributed by atoms with Gasteiger partial charge >= 0.3 is 0 Å². The number of nitrogens with two attached hydrogens (primary N) is 1. The van der Waals surface area contributed by atoms with Crippen LogP contribution in [0.5, 0.6) is 5.75 Å². The molecule has 0 saturated carbocycles. The maximum atomic E-state index is 12.2. The first-order valence-corrected chi connectivity index (χ1v) is 6.86. The summed E-state index contributed by atoms with van der Waals surface area (Å²) in [6.07, 6.45) is 2.43. The van der Waals surface area contributed by atoms with E-state index in [0.29, 0.717) is 17.8 Å². The van der Waals surface area contributed by atoms with Gasteiger partial charge in [0.25, 0.3) is 5.91 Å². The Labute approximate surface area is 124 Å². The summed E-state index contributed by atoms with van der Waals surface area (Å²) in [7, 11) is 3.45. The first kappa shape index (κ1) is 15.0. The van der Waals surface area contributed by atoms with Gasteiger partial charge in [-0.15, -0.1) is 0 Å². The minimum absolute atomic E-state index is 0.00933. The maximum Gasteiger partial charge on any atom is 0.268 e. The number of nitrogens with one attached hydrogen (secondary N) is 1. The Morgan fingerprint density at radius 2 is 2.14 bits per heavy atom. The van der Waals surface area contributed by atoms with Crippen molar-refractivity contribution in [3.05, 3.63) is 47.8 Å². The van der Waals surface area contributed by atoms with Gasteiger partial charge in [-0.3, -0.25) is 4.79 Å². The van der Waals surface area contributed by atoms with E-state index in [9.17, 15) is 4.79 Å². The van der Waals surface area contributed by atoms with E-state index >= 15 is 0 Å². The van der Waals surface area contributed by atoms with Crippen molar-refractivity contribution < 1.29 is 9.53 Å². The summed E-state index contributed by atoms with van der Waals surface area (Å²) in [4.78, 5) is 12.2. The van der Waals surface area contributed by atoms with Crippen molar-refractivity contribution in [2.24, 2.45) is 7.05 Å². The molecule has 0 saturated heterocycles. The smallest absolute Gasteiger partial charge is 0.268 e. The van der Waals surface area contributed by atoms with Gasteiger partial charge in [0.05, 0.1) is 12.8 Å². The summed E-state index contributed by atoms with van der Waals surface area (Å²) in [6.45, 7) is 1.97. The molecule has 0 spiro atoms. The van der Waals surface area contributed by atoms with Crippen LogP contribution in [0, 0.1) is 0 Å². The molecule has 0 aliphatic carbocycles. The number of hydrogen-bond acceptors (Lipinski definition) is 3. The molecule has 0 aliphatic rings. The van der Waals surface area contributed by atoms with Crippen LogP contribution >= 0.6 is 0 Å². The number of benzene rings is 1. The Morgan fingerprint density at radius 3 is 2.76 bits per heavy atom. The van der Waals surface area contributed by atoms with Crippen molar-refractivity contribution in [3.8, 4) is 5.75 Å². The zero-order valence-electron chi connectivity index (χ0n) is 12.6. The van der Waals surface area contributed by atoms with Crippen LogP contribution in [0.25, 0.3) is 0 Å². The number of nitrogen functional groups attached to an aromatic ring is 1. The lowest BCUT2D eigenvalue weighted by Gasteiger charge is -2.16. The lowest BCUT2D eigenvalue weighted by molar-refractivity contribution is 0.0932. The first-order chi connectivity index (χ1) is 10.0. The molecule has 5 nitrogen and oxygen atoms in total. The van der Waals surface area contributed by atoms with Crippen LogP contribution in [0.2, 0.25) is 0 Å². The molecule has 1 unspecified atom stereocenters. The minimum Gasteiger partial charge on any atom is -0.496 e. The van der Waals surface area contributed by atoms with Gasteiger partial charge in [0, 0.05) is 19.3 Å². The predicted molar refractivity (Wildman–Crippen MR) is 83.5 cm³/mol. The Hall–Kier alpha value is -2.43. The monoisotopic (exact) mass is 287 g/mol. The van der Waals surface area contributed by atoms with Gasteiger partial charge in [0.1, 0.15) is 11.4 Å². The van der Waals surface area contributed by atoms with E-state index in [1.54, 1.807) is 31.0 Å². The highest BCUT2D eigenvalue weighted by Crippen LogP contribution is 2.19. The fourth-order valence-corrected chi connectivity index (χ4v) is 2.37. The van der Waals surface area contributed by atoms with Gasteiger partial charge in [-0.1, -0.05) is 18.2 Å². The summed E-state index contributed by atoms with van der Waals surface area (Å²) in [5.74, 6) is 0.707. The molecule has 2 aromatic rings. The number of para-hydroxylation sites is 1. The Balaban J connectivity index is 2.03. The zero-order chi connectivity index (χ0) is 15.4. The number of aromatic nitrogens is 1. The topological polar surface area (TPSA) is 69.3 Å². The highest BCUT2D eigenvalue weighted by molar-refractivity contribution is 5.93. The standard InChI is InChI=1S/C16H21N3O2/c1-11(8-12-6-4-5-7-15(12)21-3)18-16(20)14-9-13(17)10-19(14)2/h4-7,9-11H,8,17H2,1-3H3,(H,18,20). The normalized spacial score (nSPS) is 12.0. The quantitative estimate of drug-likeness (QED) is 0.883. The second-order valence-electron chi connectivity index (χ2n) is 5.16. The number of nitrogens with zero attached hydrogens (tertiary/aromatic N) is 1. The molecule has 0 fully saturated rings. The van der Waals surface area contributed by atoms with E-state index in [4.69, 9.17) is 10.5 Å². The van der Waals surface area contributed by atoms with Crippen LogP contribution in [0.1, 0.15) is 23.0 Å². The molecule has 1 amide bonds. The van der Waals surface area contributed by atoms with Crippen LogP contribution < -0.4 is 15.8 Å². The van der Waals surface area contributed by atoms with Gasteiger partial charge in [0.15, 0.2) is 0 Å². The SMILES string of the molecule is COc1ccccc1CC(C)NC(=O)c1cc(N)cn1C. The molecule has 2 rings (SSSR count). The van der Waals surface area contributed by atoms with Crippen molar-refractivity contribution in [3.63, 3.8) is 0 Å². The maximum absolute atomic E-state index is 12.2. The summed E-state index contributed by atoms with van der Waals surface area (Å²) in [6, 6.07) is 9.47. The van der Waals surface area contributed by atoms with Crippen LogP contribution in [0.3, 0.4) is 0 Å². The van der Waals surface area contributed by atoms with E-state index in [2.05, 4.69) is 5.32 Å². The number of rotatable bonds is 5. The van der Waals surface area contributed by atoms with Gasteiger partial charge in [-0.2, -0.15) is 0 Å². The average Bonchev–Trinajstić information content (AvgIpc) is 2.78. The van der Waals surface area contributed by atoms with Gasteiger partial charge in [0.2, 0.25) is 0 Å². The van der Waals surface area contributed by atoms with Gasteiger partial charge < -0.3 is 20.4 Å². The third kappa shape index (κ3) is 3.56. The number of amides is 1. The highest BCUT2D eigenvalue weighted by Gasteiger charge is 2.15. The number of methoxy groups -OCH3 is 1. The second-order valence-corrected chi connectivity index (χ2v) is 5.16. The Kier molecular flexibility index (Phi) is 4.52. The minimum atomic E-state index is -0.128. The Morgan fingerprint density at radius 1 is 1.43 bits per heavy atom. The summed E-state index contributed by atoms with van der Waals surface area (Å²) >= 11 is 0. The second kappa shape index (κ2) is 6.35. The van der Waals surface area contributed by atoms with Gasteiger partial charge in [-0.05, 0) is 31.0 Å². The molecule has 112 valence electrons. The van der Waals surface area contributed by atoms with Crippen LogP contribution in [0.4, 0.5) is 5.69 Å². The molecule has 1 heterocycles. The largest absolute Gasteiger partial charge is 0.496 e. The number of hydrogen-bond donors (Lipinski definition) is 2. The fourth-order valence-electron chi connectivity index (χ4n) is 2.37. The molecule has 3 N–H and O–H groups in total. The van der Waals surface area contributed by atoms with Crippen molar-refractivity contribution in [1.29, 1.82) is 0 Å². The third-order valence-electron chi connectivity index (χ3n) is 3.35. The Bertz CT molecular complexity index is 634. The number of carbonyl (C=O) groups is 1. The molecule has 0 bridgehead atoms. The van der Waals surface area contributed by atoms with Crippen molar-refractivity contribution in [2.45, 2.75) is 19.4 Å². The molecule has 1 atom stereocenters. The van der Waals surface area contributed by atoms with Crippen LogP contribution in [-0.2, 0) is 13.5 Å². The molecule has 0 aliphatic heterocycles. The number of ether oxygens (including phenoxy) is 1. The van der Waals surface area contributed by atoms with E-state index in [-0.39, 0.29) is 11.9 Å². The fraction of sp³-hybridized carbons (Fsp3) is 0.312. The average molecular weight is 287 g/mol. The third-order valence-corrected chi connectivity index (χ3v) is 3.35. The predicted octanol–water partition coefficient (Wildman–Crippen LogP) is 1.98. The molecule has 1 aromatic heterocycles. The van der Waals surface area contributed by atoms with Crippen molar-refractivity contribution >= 4 is 11.6 Å². The van der Waals surface area contributed by atoms with E-state index in [1.165, 1.54) is 0 Å². The van der Waals surface area contributed by atoms with Gasteiger partial charge in [-0.25, -0.2) is 0 Å². The number of aryl methyl sites for hydroxylation is 1. The number of carbonyl (C=O) groups excluding carboxylic acids is 1. The molecule has 1 aromatic carbocycles. The lowest BCUT2D eigenvalue weighted by Crippen LogP contribution is -2.35. The number of anilines is 1. The van der Waals surface area contributed by atoms with E-state index in [1.807, 2.05) is 31.2 Å². The van der Waals surface area contributed by atoms with E-state index in [0.717, 1.165) is 11.3 Å². The zero-order valence-corrected chi connectivity index (χ0v) is 12.6. The molecule has 21 heavy (non-hydrogen) atoms. The van der Waals surface area contributed by atoms with Crippen LogP contribution in [0.15, 0.2) is 36.5 Å². The molecular formula is C16H21N3O2. The summed E-state index contributed by atoms with van der Waals surface area (Å²) in [5, 5.41) is 2.98. The lowest BCUT2D eigenvalue weighted by atomic mass is 10.1. The van der Waals surface area contributed by atoms with E-state index < -0.39 is 0 Å². The highest BCUT2D eigenvalue weighted by atomic mass is 16.5. The van der Waals surface area contributed by atoms with Crippen molar-refractivity contribution in [1.82, 2.24) is 9.88 Å². The molecular weight excluding hydrogens is 266 g/mol. The molecule has 5 heteroatoms.